The number of nitrogens with zero attached hydrogens (tertiary/aromatic N) is 1. The second kappa shape index (κ2) is 7.07. The number of aryl methyl sites for hydroxylation is 1. The van der Waals surface area contributed by atoms with Crippen molar-refractivity contribution in [1.82, 2.24) is 10.3 Å². The molecule has 0 radical (unpaired) electrons. The van der Waals surface area contributed by atoms with Gasteiger partial charge in [0.15, 0.2) is 0 Å². The quantitative estimate of drug-likeness (QED) is 0.798. The average Bonchev–Trinajstić information content (AvgIpc) is 2.41. The predicted molar refractivity (Wildman–Crippen MR) is 86.4 cm³/mol. The van der Waals surface area contributed by atoms with Crippen LogP contribution in [-0.2, 0) is 6.54 Å². The van der Waals surface area contributed by atoms with Crippen molar-refractivity contribution < 1.29 is 0 Å². The van der Waals surface area contributed by atoms with Gasteiger partial charge in [-0.05, 0) is 49.7 Å². The molecule has 0 saturated carbocycles. The summed E-state index contributed by atoms with van der Waals surface area (Å²) < 4.78 is 0. The summed E-state index contributed by atoms with van der Waals surface area (Å²) in [6.45, 7) is 6.05. The number of nitrogens with one attached hydrogen (secondary N) is 1. The van der Waals surface area contributed by atoms with Crippen LogP contribution in [0.4, 0.5) is 0 Å². The number of benzene rings is 1. The molecule has 0 bridgehead atoms. The molecule has 0 aliphatic rings. The molecular weight excluding hydrogens is 291 g/mol. The zero-order valence-electron chi connectivity index (χ0n) is 11.7. The number of hydrogen-bond donors (Lipinski definition) is 1. The zero-order valence-corrected chi connectivity index (χ0v) is 13.2. The van der Waals surface area contributed by atoms with E-state index in [0.29, 0.717) is 10.0 Å². The molecule has 0 aliphatic carbocycles. The summed E-state index contributed by atoms with van der Waals surface area (Å²) in [5.74, 6) is 0. The lowest BCUT2D eigenvalue weighted by Crippen LogP contribution is -2.15. The van der Waals surface area contributed by atoms with Gasteiger partial charge in [0.2, 0.25) is 0 Å². The smallest absolute Gasteiger partial charge is 0.0720 e. The molecule has 2 aromatic rings. The molecule has 0 unspecified atom stereocenters. The minimum atomic E-state index is 0.626. The fourth-order valence-corrected chi connectivity index (χ4v) is 2.53. The molecule has 0 spiro atoms. The van der Waals surface area contributed by atoms with Crippen LogP contribution in [0.2, 0.25) is 10.0 Å². The van der Waals surface area contributed by atoms with Gasteiger partial charge in [0, 0.05) is 22.8 Å². The zero-order chi connectivity index (χ0) is 14.5. The van der Waals surface area contributed by atoms with Crippen molar-refractivity contribution in [2.45, 2.75) is 26.8 Å². The highest BCUT2D eigenvalue weighted by Crippen LogP contribution is 2.29. The number of hydrogen-bond acceptors (Lipinski definition) is 2. The van der Waals surface area contributed by atoms with E-state index >= 15 is 0 Å². The minimum absolute atomic E-state index is 0.626. The summed E-state index contributed by atoms with van der Waals surface area (Å²) in [7, 11) is 0. The molecule has 2 rings (SSSR count). The van der Waals surface area contributed by atoms with E-state index in [1.807, 2.05) is 25.1 Å². The Morgan fingerprint density at radius 3 is 2.60 bits per heavy atom. The maximum absolute atomic E-state index is 6.22. The van der Waals surface area contributed by atoms with E-state index < -0.39 is 0 Å². The number of pyridine rings is 1. The molecule has 1 aromatic heterocycles. The van der Waals surface area contributed by atoms with Crippen LogP contribution in [0.3, 0.4) is 0 Å². The lowest BCUT2D eigenvalue weighted by Gasteiger charge is -2.10. The molecular formula is C16H18Cl2N2. The standard InChI is InChI=1S/C16H18Cl2N2/c1-3-8-19-10-12-4-7-16(20-11(12)2)14-6-5-13(17)9-15(14)18/h4-7,9,19H,3,8,10H2,1-2H3. The van der Waals surface area contributed by atoms with Gasteiger partial charge in [-0.2, -0.15) is 0 Å². The maximum atomic E-state index is 6.22. The first-order valence-corrected chi connectivity index (χ1v) is 7.50. The van der Waals surface area contributed by atoms with Crippen molar-refractivity contribution in [2.24, 2.45) is 0 Å². The number of halogens is 2. The Morgan fingerprint density at radius 1 is 1.15 bits per heavy atom. The van der Waals surface area contributed by atoms with E-state index in [-0.39, 0.29) is 0 Å². The molecule has 0 atom stereocenters. The van der Waals surface area contributed by atoms with E-state index in [1.54, 1.807) is 6.07 Å². The van der Waals surface area contributed by atoms with Crippen LogP contribution in [0.5, 0.6) is 0 Å². The average molecular weight is 309 g/mol. The van der Waals surface area contributed by atoms with Crippen molar-refractivity contribution in [3.63, 3.8) is 0 Å². The Balaban J connectivity index is 2.24. The van der Waals surface area contributed by atoms with Gasteiger partial charge >= 0.3 is 0 Å². The topological polar surface area (TPSA) is 24.9 Å². The Morgan fingerprint density at radius 2 is 1.95 bits per heavy atom. The number of aromatic nitrogens is 1. The van der Waals surface area contributed by atoms with Crippen LogP contribution in [0.15, 0.2) is 30.3 Å². The highest BCUT2D eigenvalue weighted by atomic mass is 35.5. The summed E-state index contributed by atoms with van der Waals surface area (Å²) in [4.78, 5) is 4.65. The number of rotatable bonds is 5. The van der Waals surface area contributed by atoms with Gasteiger partial charge in [-0.15, -0.1) is 0 Å². The van der Waals surface area contributed by atoms with Gasteiger partial charge in [0.1, 0.15) is 0 Å². The highest BCUT2D eigenvalue weighted by Gasteiger charge is 2.08. The van der Waals surface area contributed by atoms with Crippen LogP contribution >= 0.6 is 23.2 Å². The third kappa shape index (κ3) is 3.72. The van der Waals surface area contributed by atoms with E-state index in [9.17, 15) is 0 Å². The Kier molecular flexibility index (Phi) is 5.41. The fourth-order valence-electron chi connectivity index (χ4n) is 2.02. The molecule has 0 saturated heterocycles. The monoisotopic (exact) mass is 308 g/mol. The Bertz CT molecular complexity index is 597. The summed E-state index contributed by atoms with van der Waals surface area (Å²) in [5, 5.41) is 4.65. The first-order valence-electron chi connectivity index (χ1n) is 6.74. The second-order valence-corrected chi connectivity index (χ2v) is 5.59. The lowest BCUT2D eigenvalue weighted by molar-refractivity contribution is 0.671. The first-order chi connectivity index (χ1) is 9.61. The molecule has 1 N–H and O–H groups in total. The van der Waals surface area contributed by atoms with Gasteiger partial charge in [-0.3, -0.25) is 4.98 Å². The normalized spacial score (nSPS) is 10.8. The molecule has 4 heteroatoms. The van der Waals surface area contributed by atoms with E-state index in [1.165, 1.54) is 5.56 Å². The van der Waals surface area contributed by atoms with Gasteiger partial charge in [0.25, 0.3) is 0 Å². The third-order valence-electron chi connectivity index (χ3n) is 3.14. The van der Waals surface area contributed by atoms with Gasteiger partial charge in [-0.25, -0.2) is 0 Å². The second-order valence-electron chi connectivity index (χ2n) is 4.74. The van der Waals surface area contributed by atoms with Crippen LogP contribution in [0, 0.1) is 6.92 Å². The molecule has 0 aliphatic heterocycles. The van der Waals surface area contributed by atoms with E-state index in [4.69, 9.17) is 23.2 Å². The molecule has 20 heavy (non-hydrogen) atoms. The molecule has 106 valence electrons. The van der Waals surface area contributed by atoms with Crippen molar-refractivity contribution in [2.75, 3.05) is 6.54 Å². The fraction of sp³-hybridized carbons (Fsp3) is 0.312. The van der Waals surface area contributed by atoms with Crippen LogP contribution in [0.25, 0.3) is 11.3 Å². The highest BCUT2D eigenvalue weighted by molar-refractivity contribution is 6.36. The summed E-state index contributed by atoms with van der Waals surface area (Å²) >= 11 is 12.1. The van der Waals surface area contributed by atoms with Crippen LogP contribution in [0.1, 0.15) is 24.6 Å². The molecule has 0 amide bonds. The van der Waals surface area contributed by atoms with Gasteiger partial charge in [0.05, 0.1) is 10.7 Å². The first kappa shape index (κ1) is 15.3. The summed E-state index contributed by atoms with van der Waals surface area (Å²) in [5.41, 5.74) is 4.03. The van der Waals surface area contributed by atoms with E-state index in [2.05, 4.69) is 23.3 Å². The molecule has 1 aromatic carbocycles. The maximum Gasteiger partial charge on any atom is 0.0720 e. The van der Waals surface area contributed by atoms with Crippen molar-refractivity contribution in [3.05, 3.63) is 51.6 Å². The van der Waals surface area contributed by atoms with Gasteiger partial charge in [-0.1, -0.05) is 36.2 Å². The van der Waals surface area contributed by atoms with Crippen molar-refractivity contribution >= 4 is 23.2 Å². The predicted octanol–water partition coefficient (Wildman–Crippen LogP) is 4.86. The Labute approximate surface area is 130 Å². The third-order valence-corrected chi connectivity index (χ3v) is 3.69. The Hall–Kier alpha value is -1.09. The van der Waals surface area contributed by atoms with Gasteiger partial charge < -0.3 is 5.32 Å². The SMILES string of the molecule is CCCNCc1ccc(-c2ccc(Cl)cc2Cl)nc1C. The lowest BCUT2D eigenvalue weighted by atomic mass is 10.1. The minimum Gasteiger partial charge on any atom is -0.313 e. The largest absolute Gasteiger partial charge is 0.313 e. The van der Waals surface area contributed by atoms with Crippen LogP contribution < -0.4 is 5.32 Å². The summed E-state index contributed by atoms with van der Waals surface area (Å²) in [6.07, 6.45) is 1.13. The molecule has 0 fully saturated rings. The van der Waals surface area contributed by atoms with E-state index in [0.717, 1.165) is 36.5 Å². The molecule has 2 nitrogen and oxygen atoms in total. The van der Waals surface area contributed by atoms with Crippen LogP contribution in [-0.4, -0.2) is 11.5 Å². The van der Waals surface area contributed by atoms with Crippen molar-refractivity contribution in [1.29, 1.82) is 0 Å². The molecule has 1 heterocycles. The summed E-state index contributed by atoms with van der Waals surface area (Å²) in [6, 6.07) is 9.58. The van der Waals surface area contributed by atoms with Crippen molar-refractivity contribution in [3.8, 4) is 11.3 Å².